The predicted octanol–water partition coefficient (Wildman–Crippen LogP) is 2.04. The molecule has 2 rings (SSSR count). The minimum Gasteiger partial charge on any atom is -0.478 e. The molecule has 0 atom stereocenters. The largest absolute Gasteiger partial charge is 0.478 e. The van der Waals surface area contributed by atoms with E-state index in [1.54, 1.807) is 4.90 Å². The van der Waals surface area contributed by atoms with Crippen molar-refractivity contribution in [2.45, 2.75) is 6.18 Å². The number of alkyl halides is 3. The standard InChI is InChI=1S/C14H13ClF3N3O3/c15-10-7-9(14(16,17)18)8-19-13(10)21-5-3-20(4-6-21)11(22)1-2-12(23)24/h1-2,7-8H,3-6H2,(H,23,24). The zero-order valence-electron chi connectivity index (χ0n) is 12.3. The average Bonchev–Trinajstić information content (AvgIpc) is 2.52. The number of carbonyl (C=O) groups excluding carboxylic acids is 1. The van der Waals surface area contributed by atoms with E-state index in [1.165, 1.54) is 4.90 Å². The van der Waals surface area contributed by atoms with Crippen LogP contribution in [0.2, 0.25) is 5.02 Å². The second-order valence-corrected chi connectivity index (χ2v) is 5.42. The first kappa shape index (κ1) is 18.1. The number of aliphatic carboxylic acids is 1. The van der Waals surface area contributed by atoms with Gasteiger partial charge in [0, 0.05) is 44.5 Å². The Morgan fingerprint density at radius 2 is 1.83 bits per heavy atom. The summed E-state index contributed by atoms with van der Waals surface area (Å²) in [5.74, 6) is -1.44. The van der Waals surface area contributed by atoms with Crippen LogP contribution < -0.4 is 4.90 Å². The fourth-order valence-corrected chi connectivity index (χ4v) is 2.49. The first-order chi connectivity index (χ1) is 11.2. The molecule has 1 aromatic heterocycles. The fraction of sp³-hybridized carbons (Fsp3) is 0.357. The highest BCUT2D eigenvalue weighted by molar-refractivity contribution is 6.33. The van der Waals surface area contributed by atoms with Gasteiger partial charge in [-0.25, -0.2) is 9.78 Å². The van der Waals surface area contributed by atoms with Gasteiger partial charge in [-0.2, -0.15) is 13.2 Å². The number of carboxylic acids is 1. The van der Waals surface area contributed by atoms with E-state index in [4.69, 9.17) is 16.7 Å². The molecule has 0 aromatic carbocycles. The molecule has 6 nitrogen and oxygen atoms in total. The van der Waals surface area contributed by atoms with Crippen molar-refractivity contribution in [1.82, 2.24) is 9.88 Å². The van der Waals surface area contributed by atoms with Crippen LogP contribution in [0.1, 0.15) is 5.56 Å². The van der Waals surface area contributed by atoms with Crippen LogP contribution in [0.25, 0.3) is 0 Å². The van der Waals surface area contributed by atoms with E-state index in [0.29, 0.717) is 19.3 Å². The summed E-state index contributed by atoms with van der Waals surface area (Å²) >= 11 is 5.89. The highest BCUT2D eigenvalue weighted by Gasteiger charge is 2.32. The molecule has 1 saturated heterocycles. The molecule has 1 aromatic rings. The van der Waals surface area contributed by atoms with Crippen LogP contribution in [0.3, 0.4) is 0 Å². The molecule has 0 saturated carbocycles. The Morgan fingerprint density at radius 1 is 1.21 bits per heavy atom. The first-order valence-electron chi connectivity index (χ1n) is 6.86. The van der Waals surface area contributed by atoms with E-state index >= 15 is 0 Å². The maximum absolute atomic E-state index is 12.6. The van der Waals surface area contributed by atoms with Crippen molar-refractivity contribution < 1.29 is 27.9 Å². The first-order valence-corrected chi connectivity index (χ1v) is 7.24. The van der Waals surface area contributed by atoms with Crippen molar-refractivity contribution in [1.29, 1.82) is 0 Å². The van der Waals surface area contributed by atoms with Gasteiger partial charge in [-0.05, 0) is 6.07 Å². The highest BCUT2D eigenvalue weighted by atomic mass is 35.5. The third-order valence-corrected chi connectivity index (χ3v) is 3.69. The second-order valence-electron chi connectivity index (χ2n) is 5.01. The molecule has 24 heavy (non-hydrogen) atoms. The molecule has 10 heteroatoms. The maximum Gasteiger partial charge on any atom is 0.417 e. The second kappa shape index (κ2) is 7.08. The number of rotatable bonds is 3. The number of aromatic nitrogens is 1. The normalized spacial score (nSPS) is 15.8. The lowest BCUT2D eigenvalue weighted by molar-refractivity contribution is -0.138. The predicted molar refractivity (Wildman–Crippen MR) is 79.8 cm³/mol. The van der Waals surface area contributed by atoms with Crippen LogP contribution in [-0.2, 0) is 15.8 Å². The lowest BCUT2D eigenvalue weighted by Gasteiger charge is -2.35. The van der Waals surface area contributed by atoms with Gasteiger partial charge in [0.2, 0.25) is 5.91 Å². The molecule has 1 aliphatic heterocycles. The summed E-state index contributed by atoms with van der Waals surface area (Å²) < 4.78 is 37.8. The number of amides is 1. The molecule has 0 radical (unpaired) electrons. The maximum atomic E-state index is 12.6. The van der Waals surface area contributed by atoms with E-state index in [9.17, 15) is 22.8 Å². The quantitative estimate of drug-likeness (QED) is 0.832. The van der Waals surface area contributed by atoms with Crippen LogP contribution in [0.5, 0.6) is 0 Å². The van der Waals surface area contributed by atoms with Gasteiger partial charge in [0.15, 0.2) is 0 Å². The van der Waals surface area contributed by atoms with Crippen LogP contribution >= 0.6 is 11.6 Å². The number of pyridine rings is 1. The van der Waals surface area contributed by atoms with Gasteiger partial charge in [-0.1, -0.05) is 11.6 Å². The Hall–Kier alpha value is -2.29. The summed E-state index contributed by atoms with van der Waals surface area (Å²) in [6.07, 6.45) is -2.09. The third-order valence-electron chi connectivity index (χ3n) is 3.41. The Morgan fingerprint density at radius 3 is 2.33 bits per heavy atom. The molecule has 0 aliphatic carbocycles. The Labute approximate surface area is 140 Å². The zero-order valence-corrected chi connectivity index (χ0v) is 13.0. The molecule has 2 heterocycles. The van der Waals surface area contributed by atoms with Crippen LogP contribution in [0.15, 0.2) is 24.4 Å². The fourth-order valence-electron chi connectivity index (χ4n) is 2.21. The summed E-state index contributed by atoms with van der Waals surface area (Å²) in [5.41, 5.74) is -0.927. The lowest BCUT2D eigenvalue weighted by atomic mass is 10.2. The van der Waals surface area contributed by atoms with E-state index in [1.807, 2.05) is 0 Å². The number of carbonyl (C=O) groups is 2. The summed E-state index contributed by atoms with van der Waals surface area (Å²) in [6, 6.07) is 0.816. The average molecular weight is 364 g/mol. The van der Waals surface area contributed by atoms with Crippen molar-refractivity contribution in [2.75, 3.05) is 31.1 Å². The zero-order chi connectivity index (χ0) is 17.9. The van der Waals surface area contributed by atoms with Gasteiger partial charge in [-0.3, -0.25) is 4.79 Å². The number of piperazine rings is 1. The summed E-state index contributed by atoms with van der Waals surface area (Å²) in [6.45, 7) is 1.21. The topological polar surface area (TPSA) is 73.7 Å². The van der Waals surface area contributed by atoms with Gasteiger partial charge in [0.05, 0.1) is 10.6 Å². The number of nitrogens with zero attached hydrogens (tertiary/aromatic N) is 3. The molecule has 1 aliphatic rings. The van der Waals surface area contributed by atoms with Crippen molar-refractivity contribution in [3.63, 3.8) is 0 Å². The van der Waals surface area contributed by atoms with Crippen LogP contribution in [-0.4, -0.2) is 53.0 Å². The molecule has 0 bridgehead atoms. The van der Waals surface area contributed by atoms with Crippen LogP contribution in [0.4, 0.5) is 19.0 Å². The van der Waals surface area contributed by atoms with Gasteiger partial charge < -0.3 is 14.9 Å². The van der Waals surface area contributed by atoms with Crippen molar-refractivity contribution >= 4 is 29.3 Å². The number of halogens is 4. The Bertz CT molecular complexity index is 671. The molecule has 0 spiro atoms. The molecule has 0 unspecified atom stereocenters. The number of hydrogen-bond donors (Lipinski definition) is 1. The molecular formula is C14H13ClF3N3O3. The molecule has 1 amide bonds. The summed E-state index contributed by atoms with van der Waals surface area (Å²) in [7, 11) is 0. The van der Waals surface area contributed by atoms with E-state index in [2.05, 4.69) is 4.98 Å². The molecular weight excluding hydrogens is 351 g/mol. The smallest absolute Gasteiger partial charge is 0.417 e. The highest BCUT2D eigenvalue weighted by Crippen LogP contribution is 2.33. The van der Waals surface area contributed by atoms with E-state index in [-0.39, 0.29) is 23.9 Å². The number of hydrogen-bond acceptors (Lipinski definition) is 4. The van der Waals surface area contributed by atoms with Gasteiger partial charge >= 0.3 is 12.1 Å². The summed E-state index contributed by atoms with van der Waals surface area (Å²) in [4.78, 5) is 29.0. The van der Waals surface area contributed by atoms with Gasteiger partial charge in [0.25, 0.3) is 0 Å². The van der Waals surface area contributed by atoms with Gasteiger partial charge in [0.1, 0.15) is 5.82 Å². The monoisotopic (exact) mass is 363 g/mol. The van der Waals surface area contributed by atoms with Gasteiger partial charge in [-0.15, -0.1) is 0 Å². The SMILES string of the molecule is O=C(O)C=CC(=O)N1CCN(c2ncc(C(F)(F)F)cc2Cl)CC1. The Balaban J connectivity index is 2.02. The molecule has 1 fully saturated rings. The van der Waals surface area contributed by atoms with Crippen molar-refractivity contribution in [3.8, 4) is 0 Å². The number of carboxylic acid groups (broad SMARTS) is 1. The van der Waals surface area contributed by atoms with E-state index < -0.39 is 23.6 Å². The lowest BCUT2D eigenvalue weighted by Crippen LogP contribution is -2.48. The Kier molecular flexibility index (Phi) is 5.33. The third kappa shape index (κ3) is 4.38. The van der Waals surface area contributed by atoms with Crippen LogP contribution in [0, 0.1) is 0 Å². The van der Waals surface area contributed by atoms with E-state index in [0.717, 1.165) is 18.2 Å². The minimum atomic E-state index is -4.52. The van der Waals surface area contributed by atoms with Crippen molar-refractivity contribution in [3.05, 3.63) is 35.0 Å². The number of anilines is 1. The minimum absolute atomic E-state index is 0.115. The van der Waals surface area contributed by atoms with Crippen molar-refractivity contribution in [2.24, 2.45) is 0 Å². The molecule has 1 N–H and O–H groups in total. The summed E-state index contributed by atoms with van der Waals surface area (Å²) in [5, 5.41) is 8.38. The molecule has 130 valence electrons.